The maximum absolute atomic E-state index is 13.0. The summed E-state index contributed by atoms with van der Waals surface area (Å²) in [6, 6.07) is 10.4. The smallest absolute Gasteiger partial charge is 0.265 e. The molecule has 1 amide bonds. The molecule has 2 aliphatic rings. The van der Waals surface area contributed by atoms with Gasteiger partial charge in [0.25, 0.3) is 5.91 Å². The minimum Gasteiger partial charge on any atom is -0.497 e. The number of aryl methyl sites for hydroxylation is 2. The summed E-state index contributed by atoms with van der Waals surface area (Å²) in [5.74, 6) is 0.946. The summed E-state index contributed by atoms with van der Waals surface area (Å²) >= 11 is 1.49. The summed E-state index contributed by atoms with van der Waals surface area (Å²) < 4.78 is 7.69. The number of thiazole rings is 1. The maximum Gasteiger partial charge on any atom is 0.265 e. The van der Waals surface area contributed by atoms with Gasteiger partial charge in [0.2, 0.25) is 0 Å². The summed E-state index contributed by atoms with van der Waals surface area (Å²) in [5.41, 5.74) is 4.11. The molecule has 4 heterocycles. The normalized spacial score (nSPS) is 16.9. The van der Waals surface area contributed by atoms with Gasteiger partial charge in [-0.15, -0.1) is 11.3 Å². The molecule has 1 saturated heterocycles. The minimum atomic E-state index is -0.182. The highest BCUT2D eigenvalue weighted by Gasteiger charge is 2.42. The van der Waals surface area contributed by atoms with E-state index in [1.54, 1.807) is 7.11 Å². The largest absolute Gasteiger partial charge is 0.497 e. The lowest BCUT2D eigenvalue weighted by molar-refractivity contribution is 0.0680. The molecule has 29 heavy (non-hydrogen) atoms. The zero-order valence-electron chi connectivity index (χ0n) is 16.9. The van der Waals surface area contributed by atoms with Gasteiger partial charge < -0.3 is 19.5 Å². The van der Waals surface area contributed by atoms with E-state index in [0.717, 1.165) is 45.5 Å². The van der Waals surface area contributed by atoms with Crippen molar-refractivity contribution < 1.29 is 9.53 Å². The zero-order valence-corrected chi connectivity index (χ0v) is 17.7. The molecule has 6 nitrogen and oxygen atoms in total. The zero-order chi connectivity index (χ0) is 20.2. The van der Waals surface area contributed by atoms with Gasteiger partial charge in [0.05, 0.1) is 34.7 Å². The van der Waals surface area contributed by atoms with Crippen LogP contribution in [0.15, 0.2) is 36.5 Å². The number of likely N-dealkylation sites (tertiary alicyclic amines) is 1. The van der Waals surface area contributed by atoms with Crippen molar-refractivity contribution in [2.24, 2.45) is 0 Å². The molecule has 2 aromatic heterocycles. The van der Waals surface area contributed by atoms with Crippen LogP contribution in [-0.4, -0.2) is 40.6 Å². The lowest BCUT2D eigenvalue weighted by atomic mass is 9.82. The van der Waals surface area contributed by atoms with E-state index >= 15 is 0 Å². The van der Waals surface area contributed by atoms with Gasteiger partial charge in [0.15, 0.2) is 0 Å². The Labute approximate surface area is 174 Å². The van der Waals surface area contributed by atoms with Gasteiger partial charge in [-0.1, -0.05) is 0 Å². The molecule has 150 valence electrons. The number of carbonyl (C=O) groups is 1. The lowest BCUT2D eigenvalue weighted by Gasteiger charge is -2.46. The Kier molecular flexibility index (Phi) is 4.17. The fraction of sp³-hybridized carbons (Fsp3) is 0.364. The molecule has 0 saturated carbocycles. The van der Waals surface area contributed by atoms with Crippen LogP contribution in [0, 0.1) is 13.8 Å². The lowest BCUT2D eigenvalue weighted by Crippen LogP contribution is -2.51. The molecule has 1 N–H and O–H groups in total. The van der Waals surface area contributed by atoms with E-state index in [1.807, 2.05) is 24.8 Å². The van der Waals surface area contributed by atoms with Crippen molar-refractivity contribution in [1.29, 1.82) is 0 Å². The number of ether oxygens (including phenoxy) is 1. The molecule has 0 bridgehead atoms. The SMILES string of the molecule is COc1ccc2c(c1)NC1(CCN(C(=O)c3sc(C)nc3C)CC1)c1cccn1-2. The number of benzene rings is 1. The third kappa shape index (κ3) is 2.83. The minimum absolute atomic E-state index is 0.108. The maximum atomic E-state index is 13.0. The number of anilines is 1. The highest BCUT2D eigenvalue weighted by molar-refractivity contribution is 7.13. The molecule has 0 unspecified atom stereocenters. The third-order valence-corrected chi connectivity index (χ3v) is 7.14. The van der Waals surface area contributed by atoms with E-state index in [4.69, 9.17) is 4.74 Å². The van der Waals surface area contributed by atoms with Gasteiger partial charge in [0, 0.05) is 31.0 Å². The monoisotopic (exact) mass is 408 g/mol. The summed E-state index contributed by atoms with van der Waals surface area (Å²) in [6.07, 6.45) is 3.83. The fourth-order valence-electron chi connectivity index (χ4n) is 4.60. The number of hydrogen-bond donors (Lipinski definition) is 1. The predicted molar refractivity (Wildman–Crippen MR) is 114 cm³/mol. The molecule has 1 spiro atoms. The third-order valence-electron chi connectivity index (χ3n) is 6.08. The van der Waals surface area contributed by atoms with Crippen LogP contribution in [0.5, 0.6) is 5.75 Å². The average Bonchev–Trinajstić information content (AvgIpc) is 3.35. The Morgan fingerprint density at radius 1 is 1.24 bits per heavy atom. The Morgan fingerprint density at radius 2 is 2.03 bits per heavy atom. The Morgan fingerprint density at radius 3 is 2.72 bits per heavy atom. The van der Waals surface area contributed by atoms with E-state index < -0.39 is 0 Å². The van der Waals surface area contributed by atoms with E-state index in [-0.39, 0.29) is 11.4 Å². The van der Waals surface area contributed by atoms with E-state index in [9.17, 15) is 4.79 Å². The van der Waals surface area contributed by atoms with Crippen molar-refractivity contribution in [3.05, 3.63) is 57.8 Å². The van der Waals surface area contributed by atoms with Gasteiger partial charge in [-0.2, -0.15) is 0 Å². The summed E-state index contributed by atoms with van der Waals surface area (Å²) in [5, 5.41) is 4.74. The van der Waals surface area contributed by atoms with E-state index in [0.29, 0.717) is 13.1 Å². The van der Waals surface area contributed by atoms with E-state index in [1.165, 1.54) is 17.0 Å². The number of amides is 1. The predicted octanol–water partition coefficient (Wildman–Crippen LogP) is 4.12. The number of carbonyl (C=O) groups excluding carboxylic acids is 1. The number of aromatic nitrogens is 2. The number of hydrogen-bond acceptors (Lipinski definition) is 5. The van der Waals surface area contributed by atoms with Crippen molar-refractivity contribution in [2.45, 2.75) is 32.2 Å². The number of fused-ring (bicyclic) bond motifs is 4. The van der Waals surface area contributed by atoms with Gasteiger partial charge >= 0.3 is 0 Å². The Bertz CT molecular complexity index is 1090. The molecule has 2 aliphatic heterocycles. The second kappa shape index (κ2) is 6.62. The summed E-state index contributed by atoms with van der Waals surface area (Å²) in [6.45, 7) is 5.30. The quantitative estimate of drug-likeness (QED) is 0.693. The van der Waals surface area contributed by atoms with Crippen LogP contribution >= 0.6 is 11.3 Å². The average molecular weight is 409 g/mol. The van der Waals surface area contributed by atoms with Crippen LogP contribution in [0.2, 0.25) is 0 Å². The number of piperidine rings is 1. The van der Waals surface area contributed by atoms with Crippen molar-refractivity contribution >= 4 is 22.9 Å². The summed E-state index contributed by atoms with van der Waals surface area (Å²) in [7, 11) is 1.69. The van der Waals surface area contributed by atoms with Crippen molar-refractivity contribution in [1.82, 2.24) is 14.5 Å². The molecule has 3 aromatic rings. The second-order valence-electron chi connectivity index (χ2n) is 7.79. The van der Waals surface area contributed by atoms with Crippen molar-refractivity contribution in [3.8, 4) is 11.4 Å². The van der Waals surface area contributed by atoms with Gasteiger partial charge in [-0.25, -0.2) is 4.98 Å². The van der Waals surface area contributed by atoms with Crippen LogP contribution in [0.25, 0.3) is 5.69 Å². The molecule has 1 fully saturated rings. The van der Waals surface area contributed by atoms with Crippen molar-refractivity contribution in [2.75, 3.05) is 25.5 Å². The molecule has 7 heteroatoms. The first kappa shape index (κ1) is 18.2. The van der Waals surface area contributed by atoms with Crippen LogP contribution < -0.4 is 10.1 Å². The second-order valence-corrected chi connectivity index (χ2v) is 9.00. The van der Waals surface area contributed by atoms with Crippen LogP contribution in [0.4, 0.5) is 5.69 Å². The van der Waals surface area contributed by atoms with Gasteiger partial charge in [0.1, 0.15) is 10.6 Å². The molecule has 5 rings (SSSR count). The molecule has 1 aromatic carbocycles. The van der Waals surface area contributed by atoms with Crippen LogP contribution in [0.1, 0.15) is 38.9 Å². The number of methoxy groups -OCH3 is 1. The first-order valence-corrected chi connectivity index (χ1v) is 10.7. The first-order chi connectivity index (χ1) is 14.0. The molecule has 0 atom stereocenters. The molecule has 0 radical (unpaired) electrons. The van der Waals surface area contributed by atoms with Crippen molar-refractivity contribution in [3.63, 3.8) is 0 Å². The van der Waals surface area contributed by atoms with Crippen LogP contribution in [-0.2, 0) is 5.54 Å². The Hall–Kier alpha value is -2.80. The topological polar surface area (TPSA) is 59.4 Å². The van der Waals surface area contributed by atoms with Gasteiger partial charge in [-0.05, 0) is 51.0 Å². The number of rotatable bonds is 2. The molecular formula is C22H24N4O2S. The number of nitrogens with one attached hydrogen (secondary N) is 1. The fourth-order valence-corrected chi connectivity index (χ4v) is 5.49. The number of nitrogens with zero attached hydrogens (tertiary/aromatic N) is 3. The summed E-state index contributed by atoms with van der Waals surface area (Å²) in [4.78, 5) is 20.2. The van der Waals surface area contributed by atoms with Crippen LogP contribution in [0.3, 0.4) is 0 Å². The first-order valence-electron chi connectivity index (χ1n) is 9.88. The molecular weight excluding hydrogens is 384 g/mol. The standard InChI is InChI=1S/C22H24N4O2S/c1-14-20(29-15(2)23-14)21(27)25-11-8-22(9-12-25)19-5-4-10-26(19)18-7-6-16(28-3)13-17(18)24-22/h4-7,10,13,24H,8-9,11-12H2,1-3H3. The highest BCUT2D eigenvalue weighted by Crippen LogP contribution is 2.44. The highest BCUT2D eigenvalue weighted by atomic mass is 32.1. The van der Waals surface area contributed by atoms with Gasteiger partial charge in [-0.3, -0.25) is 4.79 Å². The molecule has 0 aliphatic carbocycles. The van der Waals surface area contributed by atoms with E-state index in [2.05, 4.69) is 45.3 Å². The Balaban J connectivity index is 1.43.